The Hall–Kier alpha value is -10.1. The minimum atomic E-state index is 0.801. The van der Waals surface area contributed by atoms with Gasteiger partial charge in [-0.25, -0.2) is 9.97 Å². The first-order valence-corrected chi connectivity index (χ1v) is 26.2. The fourth-order valence-electron chi connectivity index (χ4n) is 12.5. The summed E-state index contributed by atoms with van der Waals surface area (Å²) in [5.41, 5.74) is 23.3. The molecule has 0 unspecified atom stereocenters. The molecule has 370 valence electrons. The zero-order valence-corrected chi connectivity index (χ0v) is 43.3. The van der Waals surface area contributed by atoms with Gasteiger partial charge in [0.05, 0.1) is 119 Å². The molecule has 10 heteroatoms. The molecule has 10 nitrogen and oxygen atoms in total. The molecular weight excluding hydrogens is 945 g/mol. The maximum absolute atomic E-state index is 5.87. The monoisotopic (exact) mass is 996 g/mol. The van der Waals surface area contributed by atoms with Crippen molar-refractivity contribution in [2.45, 2.75) is 0 Å². The second-order valence-corrected chi connectivity index (χ2v) is 20.1. The van der Waals surface area contributed by atoms with Crippen LogP contribution in [-0.4, -0.2) is 40.2 Å². The Bertz CT molecular complexity index is 4220. The van der Waals surface area contributed by atoms with Gasteiger partial charge in [-0.3, -0.25) is 0 Å². The maximum atomic E-state index is 5.87. The normalized spacial score (nSPS) is 13.4. The number of para-hydroxylation sites is 16. The van der Waals surface area contributed by atoms with Crippen molar-refractivity contribution in [1.82, 2.24) is 19.1 Å². The summed E-state index contributed by atoms with van der Waals surface area (Å²) in [6, 6.07) is 81.0. The fraction of sp³-hybridized carbons (Fsp3) is 0.0746. The standard InChI is InChI=1S/C67H52N10/c1-70-48-31-13-19-37-54(48)75(55-38-20-14-32-49(55)70)63-61(66-68-44-27-9-11-29-46(44)73(66)4)60(43-25-7-6-8-26-43)64(76-56-39-21-15-33-50(56)71(2)51-34-16-22-40-57(51)76)65(62(63)67-69-45-28-10-12-30-47(45)74(67)5)77-58-41-23-17-35-52(58)72(3)53-36-18-24-42-59(53)77/h6-42H,1-5H3. The summed E-state index contributed by atoms with van der Waals surface area (Å²) in [4.78, 5) is 26.3. The van der Waals surface area contributed by atoms with E-state index in [4.69, 9.17) is 9.97 Å². The molecule has 10 aromatic carbocycles. The summed E-state index contributed by atoms with van der Waals surface area (Å²) >= 11 is 0. The molecule has 2 aromatic heterocycles. The van der Waals surface area contributed by atoms with Crippen molar-refractivity contribution in [3.8, 4) is 33.9 Å². The largest absolute Gasteiger partial charge is 0.341 e. The lowest BCUT2D eigenvalue weighted by Crippen LogP contribution is -2.30. The number of aryl methyl sites for hydroxylation is 2. The first kappa shape index (κ1) is 44.4. The lowest BCUT2D eigenvalue weighted by molar-refractivity contribution is 0.951. The van der Waals surface area contributed by atoms with Gasteiger partial charge in [0.25, 0.3) is 0 Å². The minimum Gasteiger partial charge on any atom is -0.341 e. The quantitative estimate of drug-likeness (QED) is 0.163. The molecule has 0 atom stereocenters. The average Bonchev–Trinajstić information content (AvgIpc) is 4.21. The smallest absolute Gasteiger partial charge is 0.145 e. The van der Waals surface area contributed by atoms with Crippen molar-refractivity contribution in [3.05, 3.63) is 224 Å². The topological polar surface area (TPSA) is 55.1 Å². The molecule has 5 heterocycles. The van der Waals surface area contributed by atoms with Crippen LogP contribution in [0.25, 0.3) is 56.0 Å². The van der Waals surface area contributed by atoms with Gasteiger partial charge in [-0.2, -0.15) is 0 Å². The molecule has 0 spiro atoms. The van der Waals surface area contributed by atoms with E-state index in [0.29, 0.717) is 0 Å². The van der Waals surface area contributed by atoms with Crippen molar-refractivity contribution in [2.75, 3.05) is 50.5 Å². The molecular formula is C67H52N10. The van der Waals surface area contributed by atoms with Crippen LogP contribution in [0.4, 0.5) is 85.3 Å². The van der Waals surface area contributed by atoms with Crippen LogP contribution in [0.5, 0.6) is 0 Å². The van der Waals surface area contributed by atoms with Crippen molar-refractivity contribution in [2.24, 2.45) is 14.1 Å². The molecule has 0 bridgehead atoms. The Morgan fingerprint density at radius 1 is 0.247 bits per heavy atom. The summed E-state index contributed by atoms with van der Waals surface area (Å²) in [5.74, 6) is 1.62. The van der Waals surface area contributed by atoms with E-state index in [1.54, 1.807) is 0 Å². The second kappa shape index (κ2) is 17.0. The molecule has 0 aliphatic carbocycles. The van der Waals surface area contributed by atoms with E-state index in [-0.39, 0.29) is 0 Å². The summed E-state index contributed by atoms with van der Waals surface area (Å²) < 4.78 is 4.60. The van der Waals surface area contributed by atoms with E-state index in [2.05, 4.69) is 298 Å². The van der Waals surface area contributed by atoms with E-state index < -0.39 is 0 Å². The van der Waals surface area contributed by atoms with Crippen LogP contribution >= 0.6 is 0 Å². The third-order valence-electron chi connectivity index (χ3n) is 16.1. The molecule has 3 aliphatic heterocycles. The number of hydrogen-bond acceptors (Lipinski definition) is 8. The highest BCUT2D eigenvalue weighted by atomic mass is 15.3. The Balaban J connectivity index is 1.28. The lowest BCUT2D eigenvalue weighted by Gasteiger charge is -2.46. The maximum Gasteiger partial charge on any atom is 0.145 e. The lowest BCUT2D eigenvalue weighted by atomic mass is 9.86. The van der Waals surface area contributed by atoms with E-state index in [1.807, 2.05) is 0 Å². The van der Waals surface area contributed by atoms with E-state index in [1.165, 1.54) is 0 Å². The molecule has 12 aromatic rings. The molecule has 0 radical (unpaired) electrons. The predicted octanol–water partition coefficient (Wildman–Crippen LogP) is 17.1. The van der Waals surface area contributed by atoms with Gasteiger partial charge in [-0.05, 0) is 103 Å². The SMILES string of the molecule is CN1c2ccccc2N(c2c(-c3nc4ccccc4n3C)c(-c3ccccc3)c(N3c4ccccc4N(C)c4ccccc43)c(N3c4ccccc4N(C)c4ccccc43)c2-c2nc3ccccc3n2C)c2ccccc21. The number of rotatable bonds is 6. The molecule has 0 saturated heterocycles. The molecule has 0 fully saturated rings. The summed E-state index contributed by atoms with van der Waals surface area (Å²) in [6.07, 6.45) is 0. The highest BCUT2D eigenvalue weighted by molar-refractivity contribution is 6.21. The van der Waals surface area contributed by atoms with Crippen LogP contribution in [0.1, 0.15) is 0 Å². The van der Waals surface area contributed by atoms with E-state index in [0.717, 1.165) is 141 Å². The Morgan fingerprint density at radius 2 is 0.519 bits per heavy atom. The van der Waals surface area contributed by atoms with Gasteiger partial charge < -0.3 is 38.5 Å². The average molecular weight is 997 g/mol. The van der Waals surface area contributed by atoms with Crippen molar-refractivity contribution >= 4 is 107 Å². The van der Waals surface area contributed by atoms with Gasteiger partial charge in [-0.15, -0.1) is 0 Å². The Labute approximate surface area is 447 Å². The van der Waals surface area contributed by atoms with Gasteiger partial charge >= 0.3 is 0 Å². The molecule has 0 amide bonds. The van der Waals surface area contributed by atoms with Crippen LogP contribution in [0.3, 0.4) is 0 Å². The van der Waals surface area contributed by atoms with Crippen LogP contribution in [0.15, 0.2) is 224 Å². The zero-order valence-electron chi connectivity index (χ0n) is 43.3. The number of benzene rings is 10. The molecule has 15 rings (SSSR count). The molecule has 0 N–H and O–H groups in total. The van der Waals surface area contributed by atoms with Crippen LogP contribution in [0, 0.1) is 0 Å². The van der Waals surface area contributed by atoms with E-state index in [9.17, 15) is 0 Å². The van der Waals surface area contributed by atoms with Crippen LogP contribution in [0.2, 0.25) is 0 Å². The third-order valence-corrected chi connectivity index (χ3v) is 16.1. The minimum absolute atomic E-state index is 0.801. The number of aromatic nitrogens is 4. The van der Waals surface area contributed by atoms with Gasteiger partial charge in [0.1, 0.15) is 11.6 Å². The molecule has 3 aliphatic rings. The molecule has 0 saturated carbocycles. The predicted molar refractivity (Wildman–Crippen MR) is 320 cm³/mol. The Kier molecular flexibility index (Phi) is 9.80. The summed E-state index contributed by atoms with van der Waals surface area (Å²) in [5, 5.41) is 0. The Morgan fingerprint density at radius 3 is 0.870 bits per heavy atom. The first-order valence-electron chi connectivity index (χ1n) is 26.2. The second-order valence-electron chi connectivity index (χ2n) is 20.1. The first-order chi connectivity index (χ1) is 37.9. The molecule has 77 heavy (non-hydrogen) atoms. The fourth-order valence-corrected chi connectivity index (χ4v) is 12.5. The highest BCUT2D eigenvalue weighted by Gasteiger charge is 2.44. The zero-order chi connectivity index (χ0) is 51.6. The van der Waals surface area contributed by atoms with Gasteiger partial charge in [0, 0.05) is 40.8 Å². The number of hydrogen-bond donors (Lipinski definition) is 0. The van der Waals surface area contributed by atoms with Crippen molar-refractivity contribution < 1.29 is 0 Å². The number of nitrogens with zero attached hydrogens (tertiary/aromatic N) is 10. The number of imidazole rings is 2. The van der Waals surface area contributed by atoms with Crippen molar-refractivity contribution in [1.29, 1.82) is 0 Å². The van der Waals surface area contributed by atoms with Crippen molar-refractivity contribution in [3.63, 3.8) is 0 Å². The highest BCUT2D eigenvalue weighted by Crippen LogP contribution is 2.67. The van der Waals surface area contributed by atoms with Gasteiger partial charge in [0.15, 0.2) is 0 Å². The number of fused-ring (bicyclic) bond motifs is 8. The van der Waals surface area contributed by atoms with Crippen LogP contribution in [-0.2, 0) is 14.1 Å². The van der Waals surface area contributed by atoms with Crippen LogP contribution < -0.4 is 29.4 Å². The van der Waals surface area contributed by atoms with Gasteiger partial charge in [-0.1, -0.05) is 127 Å². The van der Waals surface area contributed by atoms with E-state index >= 15 is 0 Å². The van der Waals surface area contributed by atoms with Gasteiger partial charge in [0.2, 0.25) is 0 Å². The third kappa shape index (κ3) is 6.36. The number of anilines is 15. The summed E-state index contributed by atoms with van der Waals surface area (Å²) in [6.45, 7) is 0. The summed E-state index contributed by atoms with van der Waals surface area (Å²) in [7, 11) is 10.9.